The highest BCUT2D eigenvalue weighted by atomic mass is 35.5. The Balaban J connectivity index is 2.25. The van der Waals surface area contributed by atoms with E-state index in [2.05, 4.69) is 27.2 Å². The highest BCUT2D eigenvalue weighted by molar-refractivity contribution is 6.30. The van der Waals surface area contributed by atoms with Gasteiger partial charge in [0.25, 0.3) is 0 Å². The van der Waals surface area contributed by atoms with Crippen LogP contribution >= 0.6 is 11.6 Å². The van der Waals surface area contributed by atoms with E-state index in [1.807, 2.05) is 6.07 Å². The summed E-state index contributed by atoms with van der Waals surface area (Å²) in [5.41, 5.74) is 0.756. The number of aromatic nitrogens is 3. The van der Waals surface area contributed by atoms with Crippen molar-refractivity contribution in [1.82, 2.24) is 14.6 Å². The molecule has 0 fully saturated rings. The minimum Gasteiger partial charge on any atom is -0.342 e. The summed E-state index contributed by atoms with van der Waals surface area (Å²) in [6.45, 7) is 2.33. The molecule has 0 spiro atoms. The van der Waals surface area contributed by atoms with E-state index in [0.29, 0.717) is 17.5 Å². The predicted molar refractivity (Wildman–Crippen MR) is 59.9 cm³/mol. The predicted octanol–water partition coefficient (Wildman–Crippen LogP) is 1.82. The summed E-state index contributed by atoms with van der Waals surface area (Å²) in [4.78, 5) is 4.24. The fraction of sp³-hybridized carbons (Fsp3) is 0.200. The van der Waals surface area contributed by atoms with Crippen molar-refractivity contribution in [1.29, 1.82) is 0 Å². The minimum absolute atomic E-state index is 0.543. The number of hydrogen-bond acceptors (Lipinski definition) is 3. The third-order valence-corrected chi connectivity index (χ3v) is 2.03. The molecule has 2 aromatic rings. The Morgan fingerprint density at radius 1 is 1.53 bits per heavy atom. The SMILES string of the molecule is CC#CCNc1nc2ccc(Cl)cn2n1. The number of halogens is 1. The van der Waals surface area contributed by atoms with Crippen LogP contribution in [0.25, 0.3) is 5.65 Å². The number of rotatable bonds is 2. The monoisotopic (exact) mass is 220 g/mol. The third-order valence-electron chi connectivity index (χ3n) is 1.81. The van der Waals surface area contributed by atoms with Crippen molar-refractivity contribution in [3.63, 3.8) is 0 Å². The smallest absolute Gasteiger partial charge is 0.243 e. The Morgan fingerprint density at radius 3 is 3.20 bits per heavy atom. The first-order valence-corrected chi connectivity index (χ1v) is 4.83. The summed E-state index contributed by atoms with van der Waals surface area (Å²) in [5.74, 6) is 6.22. The molecule has 0 bridgehead atoms. The Kier molecular flexibility index (Phi) is 2.75. The molecular formula is C10H9ClN4. The van der Waals surface area contributed by atoms with Gasteiger partial charge in [0.2, 0.25) is 5.95 Å². The van der Waals surface area contributed by atoms with E-state index in [-0.39, 0.29) is 0 Å². The van der Waals surface area contributed by atoms with Gasteiger partial charge in [0.05, 0.1) is 11.6 Å². The molecule has 0 atom stereocenters. The van der Waals surface area contributed by atoms with E-state index < -0.39 is 0 Å². The van der Waals surface area contributed by atoms with E-state index in [4.69, 9.17) is 11.6 Å². The molecule has 2 rings (SSSR count). The first-order chi connectivity index (χ1) is 7.29. The average Bonchev–Trinajstić information content (AvgIpc) is 2.60. The number of anilines is 1. The van der Waals surface area contributed by atoms with E-state index in [0.717, 1.165) is 5.65 Å². The number of fused-ring (bicyclic) bond motifs is 1. The lowest BCUT2D eigenvalue weighted by molar-refractivity contribution is 0.960. The van der Waals surface area contributed by atoms with Gasteiger partial charge in [-0.3, -0.25) is 0 Å². The summed E-state index contributed by atoms with van der Waals surface area (Å²) in [7, 11) is 0. The fourth-order valence-electron chi connectivity index (χ4n) is 1.14. The van der Waals surface area contributed by atoms with Crippen molar-refractivity contribution < 1.29 is 0 Å². The van der Waals surface area contributed by atoms with Gasteiger partial charge >= 0.3 is 0 Å². The Morgan fingerprint density at radius 2 is 2.40 bits per heavy atom. The molecule has 0 radical (unpaired) electrons. The molecular weight excluding hydrogens is 212 g/mol. The van der Waals surface area contributed by atoms with Gasteiger partial charge in [-0.15, -0.1) is 11.0 Å². The topological polar surface area (TPSA) is 42.2 Å². The molecule has 76 valence electrons. The van der Waals surface area contributed by atoms with Gasteiger partial charge in [-0.05, 0) is 19.1 Å². The van der Waals surface area contributed by atoms with Crippen molar-refractivity contribution in [2.45, 2.75) is 6.92 Å². The highest BCUT2D eigenvalue weighted by Gasteiger charge is 2.01. The minimum atomic E-state index is 0.543. The maximum absolute atomic E-state index is 5.82. The molecule has 4 nitrogen and oxygen atoms in total. The largest absolute Gasteiger partial charge is 0.342 e. The first kappa shape index (κ1) is 9.81. The Labute approximate surface area is 92.3 Å². The number of nitrogens with zero attached hydrogens (tertiary/aromatic N) is 3. The molecule has 1 N–H and O–H groups in total. The Hall–Kier alpha value is -1.73. The van der Waals surface area contributed by atoms with Crippen LogP contribution in [0.2, 0.25) is 5.02 Å². The van der Waals surface area contributed by atoms with Gasteiger partial charge in [0, 0.05) is 6.20 Å². The van der Waals surface area contributed by atoms with Crippen molar-refractivity contribution in [3.8, 4) is 11.8 Å². The molecule has 0 amide bonds. The van der Waals surface area contributed by atoms with Gasteiger partial charge in [0.15, 0.2) is 5.65 Å². The maximum atomic E-state index is 5.82. The third kappa shape index (κ3) is 2.20. The summed E-state index contributed by atoms with van der Waals surface area (Å²) in [5, 5.41) is 7.81. The summed E-state index contributed by atoms with van der Waals surface area (Å²) >= 11 is 5.82. The van der Waals surface area contributed by atoms with Crippen LogP contribution in [0.5, 0.6) is 0 Å². The van der Waals surface area contributed by atoms with E-state index in [1.54, 1.807) is 23.7 Å². The lowest BCUT2D eigenvalue weighted by Gasteiger charge is -1.91. The number of nitrogens with one attached hydrogen (secondary N) is 1. The zero-order chi connectivity index (χ0) is 10.7. The molecule has 2 heterocycles. The highest BCUT2D eigenvalue weighted by Crippen LogP contribution is 2.10. The lowest BCUT2D eigenvalue weighted by Crippen LogP contribution is -2.00. The molecule has 2 aromatic heterocycles. The van der Waals surface area contributed by atoms with Gasteiger partial charge < -0.3 is 5.32 Å². The van der Waals surface area contributed by atoms with Crippen LogP contribution in [0.3, 0.4) is 0 Å². The normalized spacial score (nSPS) is 9.73. The van der Waals surface area contributed by atoms with E-state index in [9.17, 15) is 0 Å². The van der Waals surface area contributed by atoms with Crippen LogP contribution in [0.1, 0.15) is 6.92 Å². The first-order valence-electron chi connectivity index (χ1n) is 4.45. The Bertz CT molecular complexity index is 535. The molecule has 0 saturated carbocycles. The lowest BCUT2D eigenvalue weighted by atomic mass is 10.5. The second kappa shape index (κ2) is 4.20. The summed E-state index contributed by atoms with van der Waals surface area (Å²) in [6, 6.07) is 3.59. The second-order valence-corrected chi connectivity index (χ2v) is 3.30. The zero-order valence-corrected chi connectivity index (χ0v) is 8.91. The second-order valence-electron chi connectivity index (χ2n) is 2.87. The molecule has 15 heavy (non-hydrogen) atoms. The number of pyridine rings is 1. The molecule has 0 saturated heterocycles. The van der Waals surface area contributed by atoms with Gasteiger partial charge in [-0.2, -0.15) is 4.98 Å². The van der Waals surface area contributed by atoms with Crippen LogP contribution in [0.15, 0.2) is 18.3 Å². The maximum Gasteiger partial charge on any atom is 0.243 e. The molecule has 0 unspecified atom stereocenters. The fourth-order valence-corrected chi connectivity index (χ4v) is 1.30. The van der Waals surface area contributed by atoms with Crippen LogP contribution in [-0.2, 0) is 0 Å². The van der Waals surface area contributed by atoms with E-state index >= 15 is 0 Å². The molecule has 5 heteroatoms. The zero-order valence-electron chi connectivity index (χ0n) is 8.16. The quantitative estimate of drug-likeness (QED) is 0.785. The molecule has 0 aliphatic carbocycles. The van der Waals surface area contributed by atoms with E-state index in [1.165, 1.54) is 0 Å². The average molecular weight is 221 g/mol. The van der Waals surface area contributed by atoms with Crippen LogP contribution in [0.4, 0.5) is 5.95 Å². The molecule has 0 aliphatic heterocycles. The molecule has 0 aliphatic rings. The summed E-state index contributed by atoms with van der Waals surface area (Å²) < 4.78 is 1.63. The van der Waals surface area contributed by atoms with Gasteiger partial charge in [0.1, 0.15) is 0 Å². The van der Waals surface area contributed by atoms with Crippen LogP contribution < -0.4 is 5.32 Å². The van der Waals surface area contributed by atoms with Gasteiger partial charge in [-0.1, -0.05) is 17.5 Å². The van der Waals surface area contributed by atoms with Crippen molar-refractivity contribution in [3.05, 3.63) is 23.4 Å². The van der Waals surface area contributed by atoms with Gasteiger partial charge in [-0.25, -0.2) is 4.52 Å². The van der Waals surface area contributed by atoms with Crippen molar-refractivity contribution >= 4 is 23.2 Å². The number of hydrogen-bond donors (Lipinski definition) is 1. The summed E-state index contributed by atoms with van der Waals surface area (Å²) in [6.07, 6.45) is 1.71. The standard InChI is InChI=1S/C10H9ClN4/c1-2-3-6-12-10-13-9-5-4-8(11)7-15(9)14-10/h4-5,7H,6H2,1H3,(H,12,14). The molecule has 0 aromatic carbocycles. The van der Waals surface area contributed by atoms with Crippen LogP contribution in [-0.4, -0.2) is 21.1 Å². The van der Waals surface area contributed by atoms with Crippen molar-refractivity contribution in [2.24, 2.45) is 0 Å². The van der Waals surface area contributed by atoms with Crippen molar-refractivity contribution in [2.75, 3.05) is 11.9 Å². The van der Waals surface area contributed by atoms with Crippen LogP contribution in [0, 0.1) is 11.8 Å².